The molecule has 0 amide bonds. The zero-order chi connectivity index (χ0) is 10.5. The van der Waals surface area contributed by atoms with Crippen LogP contribution >= 0.6 is 0 Å². The zero-order valence-corrected chi connectivity index (χ0v) is 10.3. The van der Waals surface area contributed by atoms with Crippen LogP contribution in [0.2, 0.25) is 0 Å². The average Bonchev–Trinajstić information content (AvgIpc) is 2.00. The molecule has 0 aliphatic heterocycles. The van der Waals surface area contributed by atoms with E-state index in [-0.39, 0.29) is 5.54 Å². The van der Waals surface area contributed by atoms with E-state index in [0.29, 0.717) is 5.25 Å². The van der Waals surface area contributed by atoms with Crippen molar-refractivity contribution in [3.8, 4) is 0 Å². The molecular weight excluding hydrogens is 182 g/mol. The molecule has 0 radical (unpaired) electrons. The third-order valence-corrected chi connectivity index (χ3v) is 3.82. The van der Waals surface area contributed by atoms with Crippen molar-refractivity contribution >= 4 is 10.8 Å². The molecule has 0 aromatic heterocycles. The van der Waals surface area contributed by atoms with Gasteiger partial charge < -0.3 is 5.32 Å². The molecule has 1 N–H and O–H groups in total. The maximum Gasteiger partial charge on any atom is 0.0362 e. The summed E-state index contributed by atoms with van der Waals surface area (Å²) in [5.41, 5.74) is 0.139. The molecule has 0 fully saturated rings. The average molecular weight is 205 g/mol. The van der Waals surface area contributed by atoms with Gasteiger partial charge in [-0.05, 0) is 27.2 Å². The Hall–Kier alpha value is 0.110. The van der Waals surface area contributed by atoms with Crippen molar-refractivity contribution in [3.63, 3.8) is 0 Å². The number of hydrogen-bond acceptors (Lipinski definition) is 2. The summed E-state index contributed by atoms with van der Waals surface area (Å²) in [5.74, 6) is 0.770. The molecule has 0 aromatic rings. The van der Waals surface area contributed by atoms with Crippen LogP contribution in [0.1, 0.15) is 41.0 Å². The van der Waals surface area contributed by atoms with Crippen LogP contribution in [0.25, 0.3) is 0 Å². The van der Waals surface area contributed by atoms with E-state index in [1.807, 2.05) is 6.92 Å². The van der Waals surface area contributed by atoms with Gasteiger partial charge in [0.2, 0.25) is 0 Å². The molecule has 0 rings (SSSR count). The summed E-state index contributed by atoms with van der Waals surface area (Å²) < 4.78 is 11.5. The maximum atomic E-state index is 11.5. The Bertz CT molecular complexity index is 163. The molecule has 0 aromatic carbocycles. The summed E-state index contributed by atoms with van der Waals surface area (Å²) in [4.78, 5) is 0. The topological polar surface area (TPSA) is 29.1 Å². The van der Waals surface area contributed by atoms with Gasteiger partial charge in [-0.2, -0.15) is 0 Å². The highest BCUT2D eigenvalue weighted by molar-refractivity contribution is 7.85. The summed E-state index contributed by atoms with van der Waals surface area (Å²) in [5, 5.41) is 3.67. The maximum absolute atomic E-state index is 11.5. The molecule has 2 nitrogen and oxygen atoms in total. The molecule has 0 bridgehead atoms. The Kier molecular flexibility index (Phi) is 5.81. The first-order valence-corrected chi connectivity index (χ1v) is 6.37. The predicted molar refractivity (Wildman–Crippen MR) is 60.5 cm³/mol. The monoisotopic (exact) mass is 205 g/mol. The van der Waals surface area contributed by atoms with Gasteiger partial charge in [0.15, 0.2) is 0 Å². The third-order valence-electron chi connectivity index (χ3n) is 1.98. The van der Waals surface area contributed by atoms with Crippen molar-refractivity contribution in [2.45, 2.75) is 51.8 Å². The van der Waals surface area contributed by atoms with Gasteiger partial charge in [-0.25, -0.2) is 0 Å². The van der Waals surface area contributed by atoms with E-state index in [9.17, 15) is 4.21 Å². The van der Waals surface area contributed by atoms with Crippen LogP contribution in [0.4, 0.5) is 0 Å². The van der Waals surface area contributed by atoms with Crippen LogP contribution in [0.5, 0.6) is 0 Å². The van der Waals surface area contributed by atoms with E-state index < -0.39 is 10.8 Å². The van der Waals surface area contributed by atoms with Crippen molar-refractivity contribution in [2.24, 2.45) is 0 Å². The lowest BCUT2D eigenvalue weighted by atomic mass is 10.1. The van der Waals surface area contributed by atoms with E-state index in [2.05, 4.69) is 33.0 Å². The van der Waals surface area contributed by atoms with Crippen LogP contribution in [0, 0.1) is 0 Å². The van der Waals surface area contributed by atoms with Gasteiger partial charge in [0.25, 0.3) is 0 Å². The van der Waals surface area contributed by atoms with Crippen LogP contribution in [0.3, 0.4) is 0 Å². The Balaban J connectivity index is 3.60. The first-order valence-electron chi connectivity index (χ1n) is 4.99. The van der Waals surface area contributed by atoms with Crippen LogP contribution in [0.15, 0.2) is 0 Å². The molecule has 2 atom stereocenters. The van der Waals surface area contributed by atoms with Crippen LogP contribution < -0.4 is 5.32 Å². The second-order valence-corrected chi connectivity index (χ2v) is 6.45. The summed E-state index contributed by atoms with van der Waals surface area (Å²) in [6.07, 6.45) is 1.00. The number of hydrogen-bond donors (Lipinski definition) is 1. The molecule has 0 spiro atoms. The lowest BCUT2D eigenvalue weighted by Gasteiger charge is -2.20. The first kappa shape index (κ1) is 13.1. The Labute approximate surface area is 84.9 Å². The standard InChI is InChI=1S/C10H23NOS/c1-6-9(2)13(12)8-7-11-10(3,4)5/h9,11H,6-8H2,1-5H3. The van der Waals surface area contributed by atoms with E-state index in [1.54, 1.807) is 0 Å². The second kappa shape index (κ2) is 5.76. The minimum atomic E-state index is -0.662. The highest BCUT2D eigenvalue weighted by Crippen LogP contribution is 2.01. The van der Waals surface area contributed by atoms with E-state index >= 15 is 0 Å². The summed E-state index contributed by atoms with van der Waals surface area (Å²) in [7, 11) is -0.662. The predicted octanol–water partition coefficient (Wildman–Crippen LogP) is 1.92. The zero-order valence-electron chi connectivity index (χ0n) is 9.52. The van der Waals surface area contributed by atoms with Crippen molar-refractivity contribution in [1.29, 1.82) is 0 Å². The normalized spacial score (nSPS) is 17.0. The first-order chi connectivity index (χ1) is 5.87. The molecule has 0 heterocycles. The second-order valence-electron chi connectivity index (χ2n) is 4.48. The van der Waals surface area contributed by atoms with E-state index in [4.69, 9.17) is 0 Å². The highest BCUT2D eigenvalue weighted by Gasteiger charge is 2.11. The molecule has 80 valence electrons. The van der Waals surface area contributed by atoms with Gasteiger partial charge in [-0.3, -0.25) is 4.21 Å². The fourth-order valence-electron chi connectivity index (χ4n) is 0.914. The van der Waals surface area contributed by atoms with Gasteiger partial charge >= 0.3 is 0 Å². The largest absolute Gasteiger partial charge is 0.311 e. The molecule has 0 aliphatic rings. The quantitative estimate of drug-likeness (QED) is 0.743. The van der Waals surface area contributed by atoms with Gasteiger partial charge in [0.1, 0.15) is 0 Å². The SMILES string of the molecule is CCC(C)S(=O)CCNC(C)(C)C. The number of nitrogens with one attached hydrogen (secondary N) is 1. The molecule has 3 heteroatoms. The molecule has 0 aliphatic carbocycles. The Morgan fingerprint density at radius 1 is 1.38 bits per heavy atom. The van der Waals surface area contributed by atoms with E-state index in [0.717, 1.165) is 18.7 Å². The van der Waals surface area contributed by atoms with Crippen LogP contribution in [-0.4, -0.2) is 27.3 Å². The highest BCUT2D eigenvalue weighted by atomic mass is 32.2. The fourth-order valence-corrected chi connectivity index (χ4v) is 1.99. The molecule has 2 unspecified atom stereocenters. The lowest BCUT2D eigenvalue weighted by molar-refractivity contribution is 0.440. The lowest BCUT2D eigenvalue weighted by Crippen LogP contribution is -2.38. The van der Waals surface area contributed by atoms with Crippen molar-refractivity contribution < 1.29 is 4.21 Å². The summed E-state index contributed by atoms with van der Waals surface area (Å²) in [6.45, 7) is 11.4. The fraction of sp³-hybridized carbons (Fsp3) is 1.00. The molecule has 0 saturated carbocycles. The molecule has 13 heavy (non-hydrogen) atoms. The summed E-state index contributed by atoms with van der Waals surface area (Å²) >= 11 is 0. The Morgan fingerprint density at radius 3 is 2.31 bits per heavy atom. The van der Waals surface area contributed by atoms with Gasteiger partial charge in [0, 0.05) is 33.9 Å². The smallest absolute Gasteiger partial charge is 0.0362 e. The van der Waals surface area contributed by atoms with Crippen molar-refractivity contribution in [1.82, 2.24) is 5.32 Å². The molecule has 0 saturated heterocycles. The van der Waals surface area contributed by atoms with Crippen LogP contribution in [-0.2, 0) is 10.8 Å². The minimum absolute atomic E-state index is 0.139. The van der Waals surface area contributed by atoms with Gasteiger partial charge in [-0.1, -0.05) is 13.8 Å². The van der Waals surface area contributed by atoms with Gasteiger partial charge in [-0.15, -0.1) is 0 Å². The number of rotatable bonds is 5. The van der Waals surface area contributed by atoms with Gasteiger partial charge in [0.05, 0.1) is 0 Å². The molecular formula is C10H23NOS. The summed E-state index contributed by atoms with van der Waals surface area (Å²) in [6, 6.07) is 0. The van der Waals surface area contributed by atoms with Crippen molar-refractivity contribution in [3.05, 3.63) is 0 Å². The Morgan fingerprint density at radius 2 is 1.92 bits per heavy atom. The third kappa shape index (κ3) is 7.20. The van der Waals surface area contributed by atoms with E-state index in [1.165, 1.54) is 0 Å². The minimum Gasteiger partial charge on any atom is -0.311 e. The van der Waals surface area contributed by atoms with Crippen molar-refractivity contribution in [2.75, 3.05) is 12.3 Å².